The normalized spacial score (nSPS) is 18.4. The highest BCUT2D eigenvalue weighted by atomic mass is 16.5. The number of amides is 1. The van der Waals surface area contributed by atoms with Gasteiger partial charge in [-0.1, -0.05) is 20.3 Å². The highest BCUT2D eigenvalue weighted by Crippen LogP contribution is 2.34. The van der Waals surface area contributed by atoms with Crippen molar-refractivity contribution in [1.29, 1.82) is 0 Å². The Hall–Kier alpha value is -2.12. The van der Waals surface area contributed by atoms with Crippen molar-refractivity contribution in [2.24, 2.45) is 11.8 Å². The second-order valence-corrected chi connectivity index (χ2v) is 8.60. The van der Waals surface area contributed by atoms with Crippen LogP contribution in [0.5, 0.6) is 5.75 Å². The molecule has 0 atom stereocenters. The Morgan fingerprint density at radius 3 is 2.28 bits per heavy atom. The fourth-order valence-corrected chi connectivity index (χ4v) is 4.20. The lowest BCUT2D eigenvalue weighted by Crippen LogP contribution is -2.49. The zero-order chi connectivity index (χ0) is 23.5. The van der Waals surface area contributed by atoms with Crippen LogP contribution in [0.3, 0.4) is 0 Å². The van der Waals surface area contributed by atoms with Gasteiger partial charge in [0.05, 0.1) is 44.2 Å². The van der Waals surface area contributed by atoms with E-state index in [1.165, 1.54) is 7.11 Å². The van der Waals surface area contributed by atoms with E-state index in [4.69, 9.17) is 18.9 Å². The van der Waals surface area contributed by atoms with Gasteiger partial charge in [-0.15, -0.1) is 0 Å². The second-order valence-electron chi connectivity index (χ2n) is 8.60. The van der Waals surface area contributed by atoms with Gasteiger partial charge in [0, 0.05) is 20.1 Å². The number of hydrogen-bond acceptors (Lipinski definition) is 6. The average Bonchev–Trinajstić information content (AvgIpc) is 2.80. The molecular formula is C25H39NO6. The number of ether oxygens (including phenoxy) is 4. The lowest BCUT2D eigenvalue weighted by atomic mass is 9.82. The third-order valence-electron chi connectivity index (χ3n) is 6.09. The van der Waals surface area contributed by atoms with E-state index in [2.05, 4.69) is 13.8 Å². The number of esters is 1. The SMILES string of the molecule is CCCCOc1ccc(N(C(=O)[C@H]2CC[C@H](C)CC2)C(COC)COC)c(C(=O)OC)c1. The van der Waals surface area contributed by atoms with Crippen LogP contribution >= 0.6 is 0 Å². The van der Waals surface area contributed by atoms with Crippen LogP contribution < -0.4 is 9.64 Å². The Balaban J connectivity index is 2.47. The van der Waals surface area contributed by atoms with Crippen LogP contribution in [0.15, 0.2) is 18.2 Å². The lowest BCUT2D eigenvalue weighted by Gasteiger charge is -2.36. The molecule has 0 unspecified atom stereocenters. The number of nitrogens with zero attached hydrogens (tertiary/aromatic N) is 1. The summed E-state index contributed by atoms with van der Waals surface area (Å²) in [6, 6.07) is 4.87. The molecule has 0 N–H and O–H groups in total. The Morgan fingerprint density at radius 1 is 1.06 bits per heavy atom. The first-order valence-electron chi connectivity index (χ1n) is 11.6. The quantitative estimate of drug-likeness (QED) is 0.346. The van der Waals surface area contributed by atoms with Gasteiger partial charge in [0.25, 0.3) is 0 Å². The molecule has 0 aromatic heterocycles. The fraction of sp³-hybridized carbons (Fsp3) is 0.680. The summed E-state index contributed by atoms with van der Waals surface area (Å²) in [7, 11) is 4.53. The molecule has 32 heavy (non-hydrogen) atoms. The molecule has 1 fully saturated rings. The van der Waals surface area contributed by atoms with Crippen molar-refractivity contribution < 1.29 is 28.5 Å². The number of carbonyl (C=O) groups is 2. The maximum atomic E-state index is 13.8. The topological polar surface area (TPSA) is 74.3 Å². The van der Waals surface area contributed by atoms with Crippen molar-refractivity contribution >= 4 is 17.6 Å². The number of hydrogen-bond donors (Lipinski definition) is 0. The smallest absolute Gasteiger partial charge is 0.340 e. The molecule has 0 aliphatic heterocycles. The van der Waals surface area contributed by atoms with Gasteiger partial charge < -0.3 is 23.8 Å². The highest BCUT2D eigenvalue weighted by molar-refractivity contribution is 6.04. The van der Waals surface area contributed by atoms with E-state index in [9.17, 15) is 9.59 Å². The van der Waals surface area contributed by atoms with Crippen LogP contribution in [0.1, 0.15) is 62.7 Å². The van der Waals surface area contributed by atoms with Crippen LogP contribution in [-0.2, 0) is 19.0 Å². The number of benzene rings is 1. The van der Waals surface area contributed by atoms with E-state index in [1.54, 1.807) is 37.3 Å². The van der Waals surface area contributed by atoms with Crippen LogP contribution in [0, 0.1) is 11.8 Å². The van der Waals surface area contributed by atoms with Crippen molar-refractivity contribution in [3.8, 4) is 5.75 Å². The van der Waals surface area contributed by atoms with Crippen LogP contribution in [0.4, 0.5) is 5.69 Å². The molecule has 0 saturated heterocycles. The van der Waals surface area contributed by atoms with E-state index >= 15 is 0 Å². The summed E-state index contributed by atoms with van der Waals surface area (Å²) in [5, 5.41) is 0. The zero-order valence-corrected chi connectivity index (χ0v) is 20.2. The predicted molar refractivity (Wildman–Crippen MR) is 124 cm³/mol. The molecule has 0 radical (unpaired) electrons. The summed E-state index contributed by atoms with van der Waals surface area (Å²) in [6.07, 6.45) is 5.67. The van der Waals surface area contributed by atoms with Crippen molar-refractivity contribution in [3.63, 3.8) is 0 Å². The zero-order valence-electron chi connectivity index (χ0n) is 20.2. The van der Waals surface area contributed by atoms with Crippen molar-refractivity contribution in [2.75, 3.05) is 46.0 Å². The van der Waals surface area contributed by atoms with Gasteiger partial charge in [0.2, 0.25) is 5.91 Å². The molecule has 0 heterocycles. The molecular weight excluding hydrogens is 410 g/mol. The maximum Gasteiger partial charge on any atom is 0.340 e. The van der Waals surface area contributed by atoms with Crippen molar-refractivity contribution in [2.45, 2.75) is 58.4 Å². The first kappa shape index (κ1) is 26.1. The standard InChI is InChI=1S/C25H39NO6/c1-6-7-14-32-21-12-13-23(22(15-21)25(28)31-5)26(20(16-29-3)17-30-4)24(27)19-10-8-18(2)9-11-19/h12-13,15,18-20H,6-11,14,16-17H2,1-5H3/t18-,19-. The molecule has 1 aliphatic rings. The summed E-state index contributed by atoms with van der Waals surface area (Å²) in [6.45, 7) is 5.46. The highest BCUT2D eigenvalue weighted by Gasteiger charge is 2.35. The van der Waals surface area contributed by atoms with Crippen molar-refractivity contribution in [3.05, 3.63) is 23.8 Å². The summed E-state index contributed by atoms with van der Waals surface area (Å²) >= 11 is 0. The number of carbonyl (C=O) groups excluding carboxylic acids is 2. The van der Waals surface area contributed by atoms with E-state index in [1.807, 2.05) is 0 Å². The molecule has 1 saturated carbocycles. The first-order valence-corrected chi connectivity index (χ1v) is 11.6. The van der Waals surface area contributed by atoms with Gasteiger partial charge in [0.15, 0.2) is 0 Å². The van der Waals surface area contributed by atoms with E-state index in [0.717, 1.165) is 38.5 Å². The van der Waals surface area contributed by atoms with Gasteiger partial charge >= 0.3 is 5.97 Å². The largest absolute Gasteiger partial charge is 0.494 e. The van der Waals surface area contributed by atoms with Gasteiger partial charge in [-0.2, -0.15) is 0 Å². The Morgan fingerprint density at radius 2 is 1.72 bits per heavy atom. The van der Waals surface area contributed by atoms with Gasteiger partial charge in [-0.05, 0) is 56.2 Å². The number of rotatable bonds is 12. The Kier molecular flexibility index (Phi) is 11.0. The van der Waals surface area contributed by atoms with Crippen LogP contribution in [-0.4, -0.2) is 59.1 Å². The fourth-order valence-electron chi connectivity index (χ4n) is 4.20. The molecule has 1 aromatic rings. The van der Waals surface area contributed by atoms with Crippen LogP contribution in [0.2, 0.25) is 0 Å². The molecule has 2 rings (SSSR count). The molecule has 0 spiro atoms. The van der Waals surface area contributed by atoms with E-state index in [0.29, 0.717) is 29.5 Å². The third kappa shape index (κ3) is 6.94. The molecule has 7 nitrogen and oxygen atoms in total. The predicted octanol–water partition coefficient (Wildman–Crippen LogP) is 4.47. The number of anilines is 1. The molecule has 180 valence electrons. The summed E-state index contributed by atoms with van der Waals surface area (Å²) < 4.78 is 21.7. The first-order chi connectivity index (χ1) is 15.5. The summed E-state index contributed by atoms with van der Waals surface area (Å²) in [5.41, 5.74) is 0.804. The number of unbranched alkanes of at least 4 members (excludes halogenated alkanes) is 1. The van der Waals surface area contributed by atoms with E-state index in [-0.39, 0.29) is 31.1 Å². The van der Waals surface area contributed by atoms with Crippen LogP contribution in [0.25, 0.3) is 0 Å². The molecule has 1 amide bonds. The van der Waals surface area contributed by atoms with Gasteiger partial charge in [0.1, 0.15) is 5.75 Å². The molecule has 7 heteroatoms. The molecule has 1 aromatic carbocycles. The second kappa shape index (κ2) is 13.4. The third-order valence-corrected chi connectivity index (χ3v) is 6.09. The number of methoxy groups -OCH3 is 3. The average molecular weight is 450 g/mol. The van der Waals surface area contributed by atoms with E-state index < -0.39 is 5.97 Å². The van der Waals surface area contributed by atoms with Gasteiger partial charge in [-0.25, -0.2) is 4.79 Å². The molecule has 0 bridgehead atoms. The minimum Gasteiger partial charge on any atom is -0.494 e. The Bertz CT molecular complexity index is 723. The maximum absolute atomic E-state index is 13.8. The Labute approximate surface area is 192 Å². The minimum absolute atomic E-state index is 0.000745. The summed E-state index contributed by atoms with van der Waals surface area (Å²) in [4.78, 5) is 28.2. The summed E-state index contributed by atoms with van der Waals surface area (Å²) in [5.74, 6) is 0.613. The minimum atomic E-state index is -0.510. The lowest BCUT2D eigenvalue weighted by molar-refractivity contribution is -0.124. The molecule has 1 aliphatic carbocycles. The monoisotopic (exact) mass is 449 g/mol. The van der Waals surface area contributed by atoms with Gasteiger partial charge in [-0.3, -0.25) is 4.79 Å². The van der Waals surface area contributed by atoms with Crippen molar-refractivity contribution in [1.82, 2.24) is 0 Å².